The first-order chi connectivity index (χ1) is 14.6. The van der Waals surface area contributed by atoms with E-state index in [2.05, 4.69) is 21.0 Å². The Bertz CT molecular complexity index is 1420. The summed E-state index contributed by atoms with van der Waals surface area (Å²) < 4.78 is 4.32. The molecule has 5 aromatic rings. The fourth-order valence-corrected chi connectivity index (χ4v) is 3.74. The van der Waals surface area contributed by atoms with E-state index in [9.17, 15) is 4.79 Å². The zero-order valence-electron chi connectivity index (χ0n) is 16.2. The molecule has 0 saturated heterocycles. The molecular weight excluding hydrogens is 440 g/mol. The van der Waals surface area contributed by atoms with Gasteiger partial charge >= 0.3 is 0 Å². The molecule has 30 heavy (non-hydrogen) atoms. The molecule has 3 aromatic carbocycles. The van der Waals surface area contributed by atoms with Gasteiger partial charge in [-0.05, 0) is 48.9 Å². The minimum absolute atomic E-state index is 0.148. The number of rotatable bonds is 3. The minimum atomic E-state index is -0.148. The van der Waals surface area contributed by atoms with E-state index in [-0.39, 0.29) is 5.56 Å². The van der Waals surface area contributed by atoms with Crippen molar-refractivity contribution in [1.82, 2.24) is 19.3 Å². The number of aryl methyl sites for hydroxylation is 1. The predicted octanol–water partition coefficient (Wildman–Crippen LogP) is 5.31. The second-order valence-corrected chi connectivity index (χ2v) is 7.98. The van der Waals surface area contributed by atoms with E-state index in [4.69, 9.17) is 4.98 Å². The van der Waals surface area contributed by atoms with Crippen molar-refractivity contribution in [1.29, 1.82) is 0 Å². The number of benzene rings is 3. The summed E-state index contributed by atoms with van der Waals surface area (Å²) in [5.74, 6) is 0.559. The maximum Gasteiger partial charge on any atom is 0.269 e. The molecule has 5 nitrogen and oxygen atoms in total. The summed E-state index contributed by atoms with van der Waals surface area (Å²) in [7, 11) is 0. The zero-order valence-corrected chi connectivity index (χ0v) is 17.7. The van der Waals surface area contributed by atoms with Gasteiger partial charge in [0.2, 0.25) is 0 Å². The van der Waals surface area contributed by atoms with E-state index in [0.29, 0.717) is 16.9 Å². The van der Waals surface area contributed by atoms with Gasteiger partial charge in [0.15, 0.2) is 5.65 Å². The number of nitrogens with zero attached hydrogens (tertiary/aromatic N) is 4. The third kappa shape index (κ3) is 3.25. The van der Waals surface area contributed by atoms with Gasteiger partial charge in [0, 0.05) is 16.2 Å². The third-order valence-corrected chi connectivity index (χ3v) is 5.46. The molecule has 146 valence electrons. The van der Waals surface area contributed by atoms with Crippen molar-refractivity contribution in [2.45, 2.75) is 6.92 Å². The van der Waals surface area contributed by atoms with Crippen molar-refractivity contribution in [3.05, 3.63) is 105 Å². The second-order valence-electron chi connectivity index (χ2n) is 7.07. The molecular formula is C24H17BrN4O. The molecule has 0 aliphatic heterocycles. The minimum Gasteiger partial charge on any atom is -0.268 e. The first-order valence-corrected chi connectivity index (χ1v) is 10.3. The maximum atomic E-state index is 13.6. The van der Waals surface area contributed by atoms with Crippen LogP contribution in [0.15, 0.2) is 94.3 Å². The highest BCUT2D eigenvalue weighted by Crippen LogP contribution is 2.24. The Morgan fingerprint density at radius 3 is 2.33 bits per heavy atom. The van der Waals surface area contributed by atoms with Gasteiger partial charge in [-0.25, -0.2) is 9.67 Å². The summed E-state index contributed by atoms with van der Waals surface area (Å²) in [5, 5.41) is 5.06. The van der Waals surface area contributed by atoms with Crippen molar-refractivity contribution in [3.8, 4) is 22.8 Å². The number of halogens is 1. The molecule has 5 rings (SSSR count). The molecule has 0 aliphatic carbocycles. The number of para-hydroxylation sites is 1. The van der Waals surface area contributed by atoms with Crippen LogP contribution >= 0.6 is 15.9 Å². The summed E-state index contributed by atoms with van der Waals surface area (Å²) in [4.78, 5) is 18.4. The van der Waals surface area contributed by atoms with Crippen LogP contribution in [0.25, 0.3) is 33.8 Å². The van der Waals surface area contributed by atoms with Gasteiger partial charge in [-0.15, -0.1) is 5.10 Å². The number of fused-ring (bicyclic) bond motifs is 1. The molecule has 0 spiro atoms. The van der Waals surface area contributed by atoms with Crippen LogP contribution < -0.4 is 5.56 Å². The Kier molecular flexibility index (Phi) is 4.56. The van der Waals surface area contributed by atoms with Crippen molar-refractivity contribution in [2.24, 2.45) is 0 Å². The van der Waals surface area contributed by atoms with Crippen LogP contribution in [0.3, 0.4) is 0 Å². The van der Waals surface area contributed by atoms with Gasteiger partial charge in [-0.3, -0.25) is 9.36 Å². The molecule has 0 unspecified atom stereocenters. The fraction of sp³-hybridized carbons (Fsp3) is 0.0417. The van der Waals surface area contributed by atoms with E-state index in [0.717, 1.165) is 27.0 Å². The van der Waals surface area contributed by atoms with E-state index in [1.807, 2.05) is 85.8 Å². The average Bonchev–Trinajstić information content (AvgIpc) is 3.20. The standard InChI is InChI=1S/C24H17BrN4O/c1-16-6-5-9-20(14-16)29-23(17-10-12-18(25)13-11-17)26-22-21(24(29)30)15-28(27-22)19-7-3-2-4-8-19/h2-15H,1H3. The molecule has 0 aliphatic rings. The largest absolute Gasteiger partial charge is 0.269 e. The Morgan fingerprint density at radius 2 is 1.60 bits per heavy atom. The summed E-state index contributed by atoms with van der Waals surface area (Å²) in [5.41, 5.74) is 3.84. The molecule has 0 amide bonds. The van der Waals surface area contributed by atoms with Crippen molar-refractivity contribution in [2.75, 3.05) is 0 Å². The quantitative estimate of drug-likeness (QED) is 0.369. The first kappa shape index (κ1) is 18.5. The fourth-order valence-electron chi connectivity index (χ4n) is 3.48. The Hall–Kier alpha value is -3.51. The number of aromatic nitrogens is 4. The molecule has 0 N–H and O–H groups in total. The molecule has 2 heterocycles. The molecule has 0 bridgehead atoms. The summed E-state index contributed by atoms with van der Waals surface area (Å²) >= 11 is 3.47. The van der Waals surface area contributed by atoms with Crippen molar-refractivity contribution in [3.63, 3.8) is 0 Å². The highest BCUT2D eigenvalue weighted by molar-refractivity contribution is 9.10. The molecule has 0 radical (unpaired) electrons. The SMILES string of the molecule is Cc1cccc(-n2c(-c3ccc(Br)cc3)nc3nn(-c4ccccc4)cc3c2=O)c1. The Morgan fingerprint density at radius 1 is 0.867 bits per heavy atom. The van der Waals surface area contributed by atoms with E-state index in [1.165, 1.54) is 0 Å². The van der Waals surface area contributed by atoms with Gasteiger partial charge < -0.3 is 0 Å². The van der Waals surface area contributed by atoms with Crippen LogP contribution in [0.4, 0.5) is 0 Å². The normalized spacial score (nSPS) is 11.1. The maximum absolute atomic E-state index is 13.6. The summed E-state index contributed by atoms with van der Waals surface area (Å²) in [6.07, 6.45) is 1.75. The average molecular weight is 457 g/mol. The predicted molar refractivity (Wildman–Crippen MR) is 122 cm³/mol. The lowest BCUT2D eigenvalue weighted by Crippen LogP contribution is -2.21. The lowest BCUT2D eigenvalue weighted by Gasteiger charge is -2.13. The van der Waals surface area contributed by atoms with Gasteiger partial charge in [0.1, 0.15) is 11.2 Å². The monoisotopic (exact) mass is 456 g/mol. The Labute approximate surface area is 181 Å². The molecule has 6 heteroatoms. The molecule has 0 fully saturated rings. The van der Waals surface area contributed by atoms with Crippen LogP contribution in [0, 0.1) is 6.92 Å². The van der Waals surface area contributed by atoms with Crippen LogP contribution in [0.2, 0.25) is 0 Å². The lowest BCUT2D eigenvalue weighted by atomic mass is 10.1. The van der Waals surface area contributed by atoms with Crippen molar-refractivity contribution >= 4 is 27.0 Å². The van der Waals surface area contributed by atoms with Crippen LogP contribution in [-0.2, 0) is 0 Å². The topological polar surface area (TPSA) is 52.7 Å². The lowest BCUT2D eigenvalue weighted by molar-refractivity contribution is 0.888. The van der Waals surface area contributed by atoms with E-state index < -0.39 is 0 Å². The summed E-state index contributed by atoms with van der Waals surface area (Å²) in [6, 6.07) is 25.3. The number of hydrogen-bond donors (Lipinski definition) is 0. The van der Waals surface area contributed by atoms with Crippen LogP contribution in [0.1, 0.15) is 5.56 Å². The van der Waals surface area contributed by atoms with Crippen LogP contribution in [0.5, 0.6) is 0 Å². The zero-order chi connectivity index (χ0) is 20.7. The van der Waals surface area contributed by atoms with Crippen molar-refractivity contribution < 1.29 is 0 Å². The smallest absolute Gasteiger partial charge is 0.268 e. The van der Waals surface area contributed by atoms with Crippen LogP contribution in [-0.4, -0.2) is 19.3 Å². The molecule has 2 aromatic heterocycles. The summed E-state index contributed by atoms with van der Waals surface area (Å²) in [6.45, 7) is 2.01. The molecule has 0 atom stereocenters. The van der Waals surface area contributed by atoms with E-state index in [1.54, 1.807) is 15.4 Å². The van der Waals surface area contributed by atoms with Gasteiger partial charge in [-0.1, -0.05) is 58.4 Å². The van der Waals surface area contributed by atoms with Gasteiger partial charge in [-0.2, -0.15) is 0 Å². The Balaban J connectivity index is 1.82. The highest BCUT2D eigenvalue weighted by atomic mass is 79.9. The van der Waals surface area contributed by atoms with Gasteiger partial charge in [0.05, 0.1) is 11.4 Å². The molecule has 0 saturated carbocycles. The third-order valence-electron chi connectivity index (χ3n) is 4.93. The first-order valence-electron chi connectivity index (χ1n) is 9.51. The second kappa shape index (κ2) is 7.39. The number of hydrogen-bond acceptors (Lipinski definition) is 3. The van der Waals surface area contributed by atoms with E-state index >= 15 is 0 Å². The highest BCUT2D eigenvalue weighted by Gasteiger charge is 2.17. The van der Waals surface area contributed by atoms with Gasteiger partial charge in [0.25, 0.3) is 5.56 Å².